The van der Waals surface area contributed by atoms with E-state index in [2.05, 4.69) is 26.9 Å². The van der Waals surface area contributed by atoms with Crippen molar-refractivity contribution in [3.05, 3.63) is 41.5 Å². The van der Waals surface area contributed by atoms with E-state index in [9.17, 15) is 13.2 Å². The number of para-hydroxylation sites is 1. The van der Waals surface area contributed by atoms with Crippen LogP contribution in [0.1, 0.15) is 23.7 Å². The highest BCUT2D eigenvalue weighted by atomic mass is 32.2. The van der Waals surface area contributed by atoms with Gasteiger partial charge in [-0.3, -0.25) is 4.79 Å². The summed E-state index contributed by atoms with van der Waals surface area (Å²) in [4.78, 5) is 15.3. The topological polar surface area (TPSA) is 184 Å². The number of aromatic nitrogens is 1. The van der Waals surface area contributed by atoms with Crippen LogP contribution >= 0.6 is 11.3 Å². The molecule has 1 fully saturated rings. The molecule has 9 N–H and O–H groups in total. The summed E-state index contributed by atoms with van der Waals surface area (Å²) in [6.07, 6.45) is -0.901. The van der Waals surface area contributed by atoms with E-state index in [-0.39, 0.29) is 17.7 Å². The van der Waals surface area contributed by atoms with Crippen LogP contribution < -0.4 is 32.8 Å². The van der Waals surface area contributed by atoms with Crippen LogP contribution in [0.15, 0.2) is 35.2 Å². The number of carboxylic acid groups (broad SMARTS) is 1. The van der Waals surface area contributed by atoms with E-state index < -0.39 is 22.2 Å². The molecule has 0 amide bonds. The number of sulfonamides is 1. The lowest BCUT2D eigenvalue weighted by Crippen LogP contribution is -2.33. The number of aliphatic carboxylic acids is 1. The molecule has 11 nitrogen and oxygen atoms in total. The molecule has 3 aromatic rings. The number of rotatable bonds is 6. The van der Waals surface area contributed by atoms with Gasteiger partial charge in [-0.2, -0.15) is 11.1 Å². The Morgan fingerprint density at radius 1 is 1.17 bits per heavy atom. The quantitative estimate of drug-likeness (QED) is 0.276. The third-order valence-corrected chi connectivity index (χ3v) is 6.58. The van der Waals surface area contributed by atoms with Crippen LogP contribution in [0.5, 0.6) is 0 Å². The van der Waals surface area contributed by atoms with Gasteiger partial charge in [0, 0.05) is 17.5 Å². The zero-order valence-electron chi connectivity index (χ0n) is 15.5. The summed E-state index contributed by atoms with van der Waals surface area (Å²) in [5.41, 5.74) is 19.5. The molecule has 158 valence electrons. The lowest BCUT2D eigenvalue weighted by molar-refractivity contribution is -0.136. The normalized spacial score (nSPS) is 15.1. The Labute approximate surface area is 175 Å². The van der Waals surface area contributed by atoms with E-state index >= 15 is 0 Å². The minimum Gasteiger partial charge on any atom is -0.481 e. The van der Waals surface area contributed by atoms with Crippen LogP contribution in [0.25, 0.3) is 21.3 Å². The van der Waals surface area contributed by atoms with Gasteiger partial charge >= 0.3 is 5.97 Å². The smallest absolute Gasteiger partial charge is 0.303 e. The van der Waals surface area contributed by atoms with Gasteiger partial charge in [-0.25, -0.2) is 29.4 Å². The fourth-order valence-electron chi connectivity index (χ4n) is 3.52. The molecule has 1 aliphatic rings. The zero-order chi connectivity index (χ0) is 21.5. The SMILES string of the molecule is Nc1nc2c(-c3ccc(CCC(=O)O)c(S(N)(=O)=O)c3C3NNNN3)cccc2s1. The van der Waals surface area contributed by atoms with Crippen molar-refractivity contribution in [2.24, 2.45) is 5.14 Å². The summed E-state index contributed by atoms with van der Waals surface area (Å²) in [5, 5.41) is 15.0. The van der Waals surface area contributed by atoms with Gasteiger partial charge in [0.1, 0.15) is 6.17 Å². The van der Waals surface area contributed by atoms with E-state index in [0.29, 0.717) is 32.9 Å². The molecule has 2 heterocycles. The maximum absolute atomic E-state index is 12.6. The number of nitrogens with zero attached hydrogens (tertiary/aromatic N) is 1. The lowest BCUT2D eigenvalue weighted by Gasteiger charge is -2.21. The predicted molar refractivity (Wildman–Crippen MR) is 112 cm³/mol. The summed E-state index contributed by atoms with van der Waals surface area (Å²) in [6, 6.07) is 8.86. The number of benzene rings is 2. The number of nitrogens with two attached hydrogens (primary N) is 2. The van der Waals surface area contributed by atoms with Gasteiger partial charge in [-0.15, -0.1) is 0 Å². The average molecular weight is 450 g/mol. The molecule has 30 heavy (non-hydrogen) atoms. The molecule has 0 saturated carbocycles. The Morgan fingerprint density at radius 2 is 1.90 bits per heavy atom. The monoisotopic (exact) mass is 449 g/mol. The van der Waals surface area contributed by atoms with Crippen molar-refractivity contribution in [1.82, 2.24) is 26.9 Å². The second-order valence-electron chi connectivity index (χ2n) is 6.63. The first-order valence-electron chi connectivity index (χ1n) is 8.82. The molecule has 1 aromatic heterocycles. The number of hydrazine groups is 3. The number of carboxylic acids is 1. The van der Waals surface area contributed by atoms with Gasteiger partial charge in [0.25, 0.3) is 0 Å². The van der Waals surface area contributed by atoms with Gasteiger partial charge in [-0.05, 0) is 23.6 Å². The van der Waals surface area contributed by atoms with Gasteiger partial charge in [0.05, 0.1) is 15.1 Å². The van der Waals surface area contributed by atoms with E-state index in [4.69, 9.17) is 16.0 Å². The van der Waals surface area contributed by atoms with E-state index in [0.717, 1.165) is 4.70 Å². The number of nitrogens with one attached hydrogen (secondary N) is 4. The summed E-state index contributed by atoms with van der Waals surface area (Å²) in [6.45, 7) is 0. The van der Waals surface area contributed by atoms with Crippen molar-refractivity contribution in [2.75, 3.05) is 5.73 Å². The zero-order valence-corrected chi connectivity index (χ0v) is 17.1. The number of aryl methyl sites for hydroxylation is 1. The summed E-state index contributed by atoms with van der Waals surface area (Å²) in [7, 11) is -4.20. The van der Waals surface area contributed by atoms with Crippen molar-refractivity contribution in [1.29, 1.82) is 0 Å². The van der Waals surface area contributed by atoms with Crippen molar-refractivity contribution in [2.45, 2.75) is 23.9 Å². The van der Waals surface area contributed by atoms with Crippen LogP contribution in [0.3, 0.4) is 0 Å². The first kappa shape index (κ1) is 20.6. The number of primary sulfonamides is 1. The summed E-state index contributed by atoms with van der Waals surface area (Å²) in [5.74, 6) is -1.04. The molecular formula is C17H19N7O4S2. The fraction of sp³-hybridized carbons (Fsp3) is 0.176. The molecular weight excluding hydrogens is 430 g/mol. The van der Waals surface area contributed by atoms with E-state index in [1.54, 1.807) is 12.1 Å². The van der Waals surface area contributed by atoms with Gasteiger partial charge in [0.2, 0.25) is 10.0 Å². The predicted octanol–water partition coefficient (Wildman–Crippen LogP) is 0.326. The minimum atomic E-state index is -4.20. The number of nitrogen functional groups attached to an aromatic ring is 1. The molecule has 1 aliphatic heterocycles. The Bertz CT molecular complexity index is 1240. The Hall–Kier alpha value is -2.65. The third kappa shape index (κ3) is 3.87. The molecule has 0 spiro atoms. The number of carbonyl (C=O) groups is 1. The highest BCUT2D eigenvalue weighted by molar-refractivity contribution is 7.89. The van der Waals surface area contributed by atoms with Gasteiger partial charge < -0.3 is 10.8 Å². The third-order valence-electron chi connectivity index (χ3n) is 4.68. The van der Waals surface area contributed by atoms with Gasteiger partial charge in [0.15, 0.2) is 5.13 Å². The second-order valence-corrected chi connectivity index (χ2v) is 9.19. The number of hydrogen-bond acceptors (Lipinski definition) is 10. The average Bonchev–Trinajstić information content (AvgIpc) is 3.33. The van der Waals surface area contributed by atoms with Crippen molar-refractivity contribution in [3.63, 3.8) is 0 Å². The first-order chi connectivity index (χ1) is 14.3. The molecule has 4 rings (SSSR count). The standard InChI is InChI=1S/C17H19N7O4S2/c18-17-20-14-10(2-1-3-11(14)29-17)9-6-4-8(5-7-12(25)26)15(30(19,27)28)13(9)16-21-23-24-22-16/h1-4,6,16,21-24H,5,7H2,(H2,18,20)(H,25,26)(H2,19,27,28). The maximum Gasteiger partial charge on any atom is 0.303 e. The van der Waals surface area contributed by atoms with Crippen molar-refractivity contribution < 1.29 is 18.3 Å². The number of hydrogen-bond donors (Lipinski definition) is 7. The largest absolute Gasteiger partial charge is 0.481 e. The van der Waals surface area contributed by atoms with E-state index in [1.165, 1.54) is 11.3 Å². The fourth-order valence-corrected chi connectivity index (χ4v) is 5.35. The molecule has 0 radical (unpaired) electrons. The Balaban J connectivity index is 2.02. The maximum atomic E-state index is 12.6. The summed E-state index contributed by atoms with van der Waals surface area (Å²) < 4.78 is 26.1. The lowest BCUT2D eigenvalue weighted by atomic mass is 9.93. The highest BCUT2D eigenvalue weighted by Crippen LogP contribution is 2.39. The van der Waals surface area contributed by atoms with E-state index in [1.807, 2.05) is 18.2 Å². The number of anilines is 1. The number of fused-ring (bicyclic) bond motifs is 1. The minimum absolute atomic E-state index is 0.00973. The van der Waals surface area contributed by atoms with Crippen LogP contribution in [-0.2, 0) is 21.2 Å². The van der Waals surface area contributed by atoms with Crippen LogP contribution in [0.2, 0.25) is 0 Å². The number of thiazole rings is 1. The van der Waals surface area contributed by atoms with Crippen molar-refractivity contribution >= 4 is 42.7 Å². The van der Waals surface area contributed by atoms with Crippen molar-refractivity contribution in [3.8, 4) is 11.1 Å². The second kappa shape index (κ2) is 7.88. The molecule has 1 saturated heterocycles. The molecule has 0 unspecified atom stereocenters. The van der Waals surface area contributed by atoms with Gasteiger partial charge in [-0.1, -0.05) is 35.6 Å². The Morgan fingerprint density at radius 3 is 2.57 bits per heavy atom. The first-order valence-corrected chi connectivity index (χ1v) is 11.2. The Kier molecular flexibility index (Phi) is 5.42. The van der Waals surface area contributed by atoms with Crippen LogP contribution in [0, 0.1) is 0 Å². The molecule has 13 heteroatoms. The molecule has 0 bridgehead atoms. The molecule has 0 aliphatic carbocycles. The highest BCUT2D eigenvalue weighted by Gasteiger charge is 2.30. The molecule has 0 atom stereocenters. The summed E-state index contributed by atoms with van der Waals surface area (Å²) >= 11 is 1.33. The van der Waals surface area contributed by atoms with Crippen LogP contribution in [0.4, 0.5) is 5.13 Å². The molecule has 2 aromatic carbocycles. The van der Waals surface area contributed by atoms with Crippen LogP contribution in [-0.4, -0.2) is 24.5 Å².